The lowest BCUT2D eigenvalue weighted by atomic mass is 9.73. The van der Waals surface area contributed by atoms with Gasteiger partial charge in [0.2, 0.25) is 5.78 Å². The van der Waals surface area contributed by atoms with Crippen LogP contribution in [0, 0.1) is 0 Å². The van der Waals surface area contributed by atoms with E-state index >= 15 is 0 Å². The van der Waals surface area contributed by atoms with Gasteiger partial charge in [0.15, 0.2) is 11.6 Å². The molecule has 0 aromatic heterocycles. The second kappa shape index (κ2) is 6.95. The van der Waals surface area contributed by atoms with E-state index in [0.29, 0.717) is 23.3 Å². The molecule has 1 atom stereocenters. The van der Waals surface area contributed by atoms with E-state index in [1.165, 1.54) is 28.3 Å². The summed E-state index contributed by atoms with van der Waals surface area (Å²) in [7, 11) is 4.28. The molecule has 0 saturated carbocycles. The van der Waals surface area contributed by atoms with Crippen LogP contribution in [0.5, 0.6) is 17.2 Å². The van der Waals surface area contributed by atoms with Crippen LogP contribution >= 0.6 is 0 Å². The van der Waals surface area contributed by atoms with Gasteiger partial charge >= 0.3 is 0 Å². The molecule has 2 aliphatic carbocycles. The normalized spacial score (nSPS) is 19.5. The largest absolute Gasteiger partial charge is 0.496 e. The first-order valence-electron chi connectivity index (χ1n) is 9.58. The third kappa shape index (κ3) is 2.58. The van der Waals surface area contributed by atoms with Crippen molar-refractivity contribution in [1.82, 2.24) is 0 Å². The van der Waals surface area contributed by atoms with Gasteiger partial charge in [-0.25, -0.2) is 0 Å². The number of hydrogen-bond acceptors (Lipinski definition) is 7. The minimum absolute atomic E-state index is 0.0169. The maximum Gasteiger partial charge on any atom is 0.202 e. The average molecular weight is 410 g/mol. The fourth-order valence-corrected chi connectivity index (χ4v) is 4.54. The van der Waals surface area contributed by atoms with Crippen molar-refractivity contribution in [2.75, 3.05) is 21.3 Å². The lowest BCUT2D eigenvalue weighted by molar-refractivity contribution is -0.136. The molecule has 0 amide bonds. The lowest BCUT2D eigenvalue weighted by Crippen LogP contribution is -2.43. The molecule has 0 spiro atoms. The monoisotopic (exact) mass is 410 g/mol. The number of methoxy groups -OCH3 is 3. The van der Waals surface area contributed by atoms with Crippen LogP contribution in [-0.2, 0) is 17.6 Å². The Bertz CT molecular complexity index is 1120. The van der Waals surface area contributed by atoms with Gasteiger partial charge in [0, 0.05) is 23.1 Å². The molecule has 7 nitrogen and oxygen atoms in total. The number of ketones is 3. The molecule has 0 fully saturated rings. The first kappa shape index (κ1) is 20.1. The Morgan fingerprint density at radius 1 is 0.933 bits per heavy atom. The van der Waals surface area contributed by atoms with Gasteiger partial charge in [0.25, 0.3) is 0 Å². The van der Waals surface area contributed by atoms with E-state index in [9.17, 15) is 19.5 Å². The van der Waals surface area contributed by atoms with E-state index in [-0.39, 0.29) is 58.2 Å². The highest BCUT2D eigenvalue weighted by Gasteiger charge is 2.45. The number of carbonyl (C=O) groups excluding carboxylic acids is 3. The molecule has 30 heavy (non-hydrogen) atoms. The molecule has 0 bridgehead atoms. The zero-order valence-electron chi connectivity index (χ0n) is 17.3. The smallest absolute Gasteiger partial charge is 0.202 e. The van der Waals surface area contributed by atoms with Gasteiger partial charge in [-0.2, -0.15) is 0 Å². The van der Waals surface area contributed by atoms with E-state index < -0.39 is 11.4 Å². The van der Waals surface area contributed by atoms with Crippen molar-refractivity contribution in [3.8, 4) is 17.2 Å². The van der Waals surface area contributed by atoms with Gasteiger partial charge in [0.1, 0.15) is 22.8 Å². The van der Waals surface area contributed by atoms with E-state index in [0.717, 1.165) is 0 Å². The standard InChI is InChI=1S/C23H22O7/c1-11(24)23(27)9-8-12-14(10-23)22(30-4)17-18(21(12)29-3)20(26)16-13(19(17)25)6-5-7-15(16)28-2/h5-7,27H,8-10H2,1-4H3/t23-/m0/s1. The first-order chi connectivity index (χ1) is 14.3. The Labute approximate surface area is 173 Å². The number of aliphatic hydroxyl groups is 1. The second-order valence-corrected chi connectivity index (χ2v) is 7.58. The van der Waals surface area contributed by atoms with E-state index in [4.69, 9.17) is 14.2 Å². The van der Waals surface area contributed by atoms with Crippen molar-refractivity contribution >= 4 is 17.3 Å². The van der Waals surface area contributed by atoms with Crippen LogP contribution in [0.15, 0.2) is 18.2 Å². The van der Waals surface area contributed by atoms with Gasteiger partial charge in [-0.05, 0) is 25.8 Å². The van der Waals surface area contributed by atoms with E-state index in [2.05, 4.69) is 0 Å². The van der Waals surface area contributed by atoms with Gasteiger partial charge in [-0.3, -0.25) is 14.4 Å². The number of Topliss-reactive ketones (excluding diaryl/α,β-unsaturated/α-hetero) is 1. The summed E-state index contributed by atoms with van der Waals surface area (Å²) in [5.74, 6) is -0.352. The van der Waals surface area contributed by atoms with Crippen LogP contribution in [0.25, 0.3) is 0 Å². The summed E-state index contributed by atoms with van der Waals surface area (Å²) in [5, 5.41) is 10.8. The molecule has 7 heteroatoms. The minimum atomic E-state index is -1.55. The number of ether oxygens (including phenoxy) is 3. The zero-order valence-corrected chi connectivity index (χ0v) is 17.3. The molecule has 1 N–H and O–H groups in total. The highest BCUT2D eigenvalue weighted by atomic mass is 16.5. The lowest BCUT2D eigenvalue weighted by Gasteiger charge is -2.35. The molecule has 2 aromatic rings. The third-order valence-electron chi connectivity index (χ3n) is 6.11. The van der Waals surface area contributed by atoms with Crippen molar-refractivity contribution < 1.29 is 33.7 Å². The maximum absolute atomic E-state index is 13.5. The summed E-state index contributed by atoms with van der Waals surface area (Å²) < 4.78 is 16.5. The molecule has 4 rings (SSSR count). The van der Waals surface area contributed by atoms with Crippen LogP contribution < -0.4 is 14.2 Å². The number of fused-ring (bicyclic) bond motifs is 3. The molecular weight excluding hydrogens is 388 g/mol. The Morgan fingerprint density at radius 2 is 1.57 bits per heavy atom. The van der Waals surface area contributed by atoms with Crippen LogP contribution in [0.2, 0.25) is 0 Å². The van der Waals surface area contributed by atoms with Crippen molar-refractivity contribution in [2.45, 2.75) is 31.8 Å². The topological polar surface area (TPSA) is 99.1 Å². The number of hydrogen-bond donors (Lipinski definition) is 1. The van der Waals surface area contributed by atoms with Crippen LogP contribution in [0.4, 0.5) is 0 Å². The molecule has 2 aliphatic rings. The van der Waals surface area contributed by atoms with Crippen LogP contribution in [-0.4, -0.2) is 49.4 Å². The highest BCUT2D eigenvalue weighted by Crippen LogP contribution is 2.48. The SMILES string of the molecule is COc1cccc2c1C(=O)c1c(OC)c3c(c(OC)c1C2=O)C[C@](O)(C(C)=O)CC3. The highest BCUT2D eigenvalue weighted by molar-refractivity contribution is 6.31. The fraction of sp³-hybridized carbons (Fsp3) is 0.348. The summed E-state index contributed by atoms with van der Waals surface area (Å²) in [6.07, 6.45) is 0.477. The summed E-state index contributed by atoms with van der Waals surface area (Å²) in [6.45, 7) is 1.34. The van der Waals surface area contributed by atoms with Gasteiger partial charge in [0.05, 0.1) is 38.0 Å². The summed E-state index contributed by atoms with van der Waals surface area (Å²) in [4.78, 5) is 39.1. The van der Waals surface area contributed by atoms with Crippen molar-refractivity contribution in [2.24, 2.45) is 0 Å². The molecular formula is C23H22O7. The van der Waals surface area contributed by atoms with Gasteiger partial charge < -0.3 is 19.3 Å². The Kier molecular flexibility index (Phi) is 4.66. The average Bonchev–Trinajstić information content (AvgIpc) is 2.74. The Hall–Kier alpha value is -3.19. The second-order valence-electron chi connectivity index (χ2n) is 7.58. The zero-order chi connectivity index (χ0) is 21.8. The van der Waals surface area contributed by atoms with E-state index in [1.807, 2.05) is 0 Å². The van der Waals surface area contributed by atoms with Crippen LogP contribution in [0.3, 0.4) is 0 Å². The summed E-state index contributed by atoms with van der Waals surface area (Å²) in [5.41, 5.74) is 0.249. The minimum Gasteiger partial charge on any atom is -0.496 e. The van der Waals surface area contributed by atoms with Crippen molar-refractivity contribution in [1.29, 1.82) is 0 Å². The third-order valence-corrected chi connectivity index (χ3v) is 6.11. The first-order valence-corrected chi connectivity index (χ1v) is 9.58. The molecule has 0 aliphatic heterocycles. The summed E-state index contributed by atoms with van der Waals surface area (Å²) >= 11 is 0. The summed E-state index contributed by atoms with van der Waals surface area (Å²) in [6, 6.07) is 4.84. The Morgan fingerprint density at radius 3 is 2.17 bits per heavy atom. The molecule has 0 saturated heterocycles. The number of rotatable bonds is 4. The van der Waals surface area contributed by atoms with Gasteiger partial charge in [-0.1, -0.05) is 12.1 Å². The Balaban J connectivity index is 2.06. The number of benzene rings is 2. The van der Waals surface area contributed by atoms with E-state index in [1.54, 1.807) is 18.2 Å². The van der Waals surface area contributed by atoms with Crippen LogP contribution in [0.1, 0.15) is 56.3 Å². The number of carbonyl (C=O) groups is 3. The van der Waals surface area contributed by atoms with Crippen molar-refractivity contribution in [3.63, 3.8) is 0 Å². The predicted molar refractivity (Wildman–Crippen MR) is 107 cm³/mol. The molecule has 156 valence electrons. The van der Waals surface area contributed by atoms with Crippen molar-refractivity contribution in [3.05, 3.63) is 51.6 Å². The molecule has 2 aromatic carbocycles. The van der Waals surface area contributed by atoms with Gasteiger partial charge in [-0.15, -0.1) is 0 Å². The molecule has 0 unspecified atom stereocenters. The quantitative estimate of drug-likeness (QED) is 0.705. The fourth-order valence-electron chi connectivity index (χ4n) is 4.54. The predicted octanol–water partition coefficient (Wildman–Crippen LogP) is 2.30. The molecule has 0 radical (unpaired) electrons. The maximum atomic E-state index is 13.5. The molecule has 0 heterocycles.